The number of nitriles is 1. The Morgan fingerprint density at radius 1 is 1.44 bits per heavy atom. The fourth-order valence-electron chi connectivity index (χ4n) is 1.22. The van der Waals surface area contributed by atoms with E-state index in [-0.39, 0.29) is 6.61 Å². The minimum Gasteiger partial charge on any atom is -0.490 e. The third-order valence-corrected chi connectivity index (χ3v) is 2.80. The van der Waals surface area contributed by atoms with E-state index in [0.29, 0.717) is 30.0 Å². The van der Waals surface area contributed by atoms with Gasteiger partial charge in [0.15, 0.2) is 5.75 Å². The highest BCUT2D eigenvalue weighted by Crippen LogP contribution is 2.29. The first-order valence-corrected chi connectivity index (χ1v) is 5.99. The lowest BCUT2D eigenvalue weighted by Gasteiger charge is -2.10. The summed E-state index contributed by atoms with van der Waals surface area (Å²) in [5.41, 5.74) is 6.79. The number of halogens is 1. The zero-order chi connectivity index (χ0) is 12.0. The first kappa shape index (κ1) is 13.1. The average Bonchev–Trinajstić information content (AvgIpc) is 2.26. The number of ether oxygens (including phenoxy) is 1. The van der Waals surface area contributed by atoms with Gasteiger partial charge in [-0.3, -0.25) is 0 Å². The summed E-state index contributed by atoms with van der Waals surface area (Å²) in [4.78, 5) is 0. The van der Waals surface area contributed by atoms with Gasteiger partial charge in [0.2, 0.25) is 0 Å². The smallest absolute Gasteiger partial charge is 0.155 e. The second kappa shape index (κ2) is 6.55. The Morgan fingerprint density at radius 3 is 2.75 bits per heavy atom. The van der Waals surface area contributed by atoms with Crippen molar-refractivity contribution in [3.63, 3.8) is 0 Å². The molecule has 1 rings (SSSR count). The quantitative estimate of drug-likeness (QED) is 0.490. The molecule has 3 N–H and O–H groups in total. The van der Waals surface area contributed by atoms with E-state index in [1.54, 1.807) is 12.1 Å². The number of hydrogen-bond donors (Lipinski definition) is 2. The SMILES string of the molecule is N#Cc1cc(N)c(OCCCCO)c(I)c1. The molecule has 86 valence electrons. The molecule has 0 aliphatic heterocycles. The maximum atomic E-state index is 8.75. The first-order valence-electron chi connectivity index (χ1n) is 4.91. The maximum absolute atomic E-state index is 8.75. The number of unbranched alkanes of at least 4 members (excludes halogenated alkanes) is 1. The Morgan fingerprint density at radius 2 is 2.19 bits per heavy atom. The average molecular weight is 332 g/mol. The van der Waals surface area contributed by atoms with Crippen molar-refractivity contribution in [2.45, 2.75) is 12.8 Å². The molecule has 0 saturated heterocycles. The van der Waals surface area contributed by atoms with Gasteiger partial charge in [-0.2, -0.15) is 5.26 Å². The molecule has 0 amide bonds. The van der Waals surface area contributed by atoms with E-state index < -0.39 is 0 Å². The predicted octanol–water partition coefficient (Wildman–Crippen LogP) is 1.90. The molecule has 0 unspecified atom stereocenters. The molecule has 4 nitrogen and oxygen atoms in total. The Bertz CT molecular complexity index is 378. The van der Waals surface area contributed by atoms with Gasteiger partial charge in [-0.1, -0.05) is 0 Å². The number of nitrogens with two attached hydrogens (primary N) is 1. The van der Waals surface area contributed by atoms with Gasteiger partial charge < -0.3 is 15.6 Å². The minimum atomic E-state index is 0.170. The van der Waals surface area contributed by atoms with Gasteiger partial charge in [-0.15, -0.1) is 0 Å². The molecule has 0 atom stereocenters. The van der Waals surface area contributed by atoms with Gasteiger partial charge in [0.05, 0.1) is 27.5 Å². The second-order valence-corrected chi connectivity index (χ2v) is 4.43. The number of rotatable bonds is 5. The van der Waals surface area contributed by atoms with Crippen LogP contribution in [0.1, 0.15) is 18.4 Å². The van der Waals surface area contributed by atoms with Crippen LogP contribution in [0.4, 0.5) is 5.69 Å². The summed E-state index contributed by atoms with van der Waals surface area (Å²) < 4.78 is 6.35. The molecule has 5 heteroatoms. The lowest BCUT2D eigenvalue weighted by molar-refractivity contribution is 0.253. The monoisotopic (exact) mass is 332 g/mol. The van der Waals surface area contributed by atoms with Crippen molar-refractivity contribution >= 4 is 28.3 Å². The van der Waals surface area contributed by atoms with Crippen molar-refractivity contribution in [1.29, 1.82) is 5.26 Å². The number of nitrogen functional groups attached to an aromatic ring is 1. The van der Waals surface area contributed by atoms with Crippen LogP contribution in [-0.2, 0) is 0 Å². The molecule has 0 aromatic heterocycles. The Hall–Kier alpha value is -1.00. The van der Waals surface area contributed by atoms with Crippen molar-refractivity contribution in [3.8, 4) is 11.8 Å². The molecule has 0 saturated carbocycles. The summed E-state index contributed by atoms with van der Waals surface area (Å²) in [6.45, 7) is 0.690. The van der Waals surface area contributed by atoms with E-state index in [2.05, 4.69) is 22.6 Å². The van der Waals surface area contributed by atoms with Crippen LogP contribution in [0.3, 0.4) is 0 Å². The molecule has 16 heavy (non-hydrogen) atoms. The first-order chi connectivity index (χ1) is 7.69. The van der Waals surface area contributed by atoms with E-state index in [1.807, 2.05) is 6.07 Å². The van der Waals surface area contributed by atoms with Crippen molar-refractivity contribution in [2.24, 2.45) is 0 Å². The van der Waals surface area contributed by atoms with Gasteiger partial charge in [0, 0.05) is 6.61 Å². The van der Waals surface area contributed by atoms with Crippen LogP contribution in [0.25, 0.3) is 0 Å². The van der Waals surface area contributed by atoms with Crippen molar-refractivity contribution in [3.05, 3.63) is 21.3 Å². The van der Waals surface area contributed by atoms with Gasteiger partial charge >= 0.3 is 0 Å². The molecule has 0 aliphatic carbocycles. The molecule has 0 radical (unpaired) electrons. The van der Waals surface area contributed by atoms with E-state index in [9.17, 15) is 0 Å². The highest BCUT2D eigenvalue weighted by molar-refractivity contribution is 14.1. The van der Waals surface area contributed by atoms with Crippen LogP contribution in [-0.4, -0.2) is 18.3 Å². The van der Waals surface area contributed by atoms with Gasteiger partial charge in [-0.25, -0.2) is 0 Å². The number of aliphatic hydroxyl groups is 1. The molecule has 0 aliphatic rings. The Labute approximate surface area is 108 Å². The second-order valence-electron chi connectivity index (χ2n) is 3.27. The highest BCUT2D eigenvalue weighted by Gasteiger charge is 2.08. The van der Waals surface area contributed by atoms with Crippen LogP contribution >= 0.6 is 22.6 Å². The molecule has 1 aromatic rings. The summed E-state index contributed by atoms with van der Waals surface area (Å²) in [5.74, 6) is 0.623. The summed E-state index contributed by atoms with van der Waals surface area (Å²) in [5, 5.41) is 17.4. The molecule has 0 bridgehead atoms. The third-order valence-electron chi connectivity index (χ3n) is 2.00. The summed E-state index contributed by atoms with van der Waals surface area (Å²) in [6, 6.07) is 5.37. The molecule has 0 spiro atoms. The lowest BCUT2D eigenvalue weighted by Crippen LogP contribution is -2.03. The van der Waals surface area contributed by atoms with E-state index in [0.717, 1.165) is 9.99 Å². The number of anilines is 1. The fraction of sp³-hybridized carbons (Fsp3) is 0.364. The van der Waals surface area contributed by atoms with Gasteiger partial charge in [-0.05, 0) is 47.6 Å². The number of aliphatic hydroxyl groups excluding tert-OH is 1. The summed E-state index contributed by atoms with van der Waals surface area (Å²) >= 11 is 2.09. The number of benzene rings is 1. The van der Waals surface area contributed by atoms with E-state index in [1.165, 1.54) is 0 Å². The number of nitrogens with zero attached hydrogens (tertiary/aromatic N) is 1. The zero-order valence-electron chi connectivity index (χ0n) is 8.74. The van der Waals surface area contributed by atoms with Crippen molar-refractivity contribution in [2.75, 3.05) is 18.9 Å². The number of hydrogen-bond acceptors (Lipinski definition) is 4. The van der Waals surface area contributed by atoms with Crippen LogP contribution in [0.15, 0.2) is 12.1 Å². The van der Waals surface area contributed by atoms with Crippen LogP contribution in [0.5, 0.6) is 5.75 Å². The molecular weight excluding hydrogens is 319 g/mol. The Kier molecular flexibility index (Phi) is 5.35. The topological polar surface area (TPSA) is 79.3 Å². The maximum Gasteiger partial charge on any atom is 0.155 e. The van der Waals surface area contributed by atoms with Crippen molar-refractivity contribution in [1.82, 2.24) is 0 Å². The van der Waals surface area contributed by atoms with Crippen LogP contribution in [0.2, 0.25) is 0 Å². The van der Waals surface area contributed by atoms with Crippen LogP contribution in [0, 0.1) is 14.9 Å². The van der Waals surface area contributed by atoms with E-state index >= 15 is 0 Å². The summed E-state index contributed by atoms with van der Waals surface area (Å²) in [7, 11) is 0. The largest absolute Gasteiger partial charge is 0.490 e. The molecule has 0 fully saturated rings. The highest BCUT2D eigenvalue weighted by atomic mass is 127. The molecule has 1 aromatic carbocycles. The van der Waals surface area contributed by atoms with Gasteiger partial charge in [0.1, 0.15) is 0 Å². The summed E-state index contributed by atoms with van der Waals surface area (Å²) in [6.07, 6.45) is 1.50. The minimum absolute atomic E-state index is 0.170. The van der Waals surface area contributed by atoms with Gasteiger partial charge in [0.25, 0.3) is 0 Å². The molecule has 0 heterocycles. The van der Waals surface area contributed by atoms with E-state index in [4.69, 9.17) is 20.8 Å². The fourth-order valence-corrected chi connectivity index (χ4v) is 2.02. The van der Waals surface area contributed by atoms with Crippen molar-refractivity contribution < 1.29 is 9.84 Å². The van der Waals surface area contributed by atoms with Crippen LogP contribution < -0.4 is 10.5 Å². The predicted molar refractivity (Wildman–Crippen MR) is 70.1 cm³/mol. The zero-order valence-corrected chi connectivity index (χ0v) is 10.9. The third kappa shape index (κ3) is 3.54. The molecular formula is C11H13IN2O2. The standard InChI is InChI=1S/C11H13IN2O2/c12-9-5-8(7-13)6-10(14)11(9)16-4-2-1-3-15/h5-6,15H,1-4,14H2. The lowest BCUT2D eigenvalue weighted by atomic mass is 10.2. The normalized spacial score (nSPS) is 9.81. The Balaban J connectivity index is 2.70.